The minimum absolute atomic E-state index is 0.0165. The fourth-order valence-electron chi connectivity index (χ4n) is 3.77. The summed E-state index contributed by atoms with van der Waals surface area (Å²) in [5.41, 5.74) is 4.50. The molecule has 0 spiro atoms. The molecule has 0 aliphatic carbocycles. The Labute approximate surface area is 229 Å². The molecular formula is C28H24N2O9S. The molecule has 0 radical (unpaired) electrons. The van der Waals surface area contributed by atoms with Crippen molar-refractivity contribution in [2.24, 2.45) is 0 Å². The van der Waals surface area contributed by atoms with Gasteiger partial charge in [0.05, 0.1) is 33.2 Å². The highest BCUT2D eigenvalue weighted by Crippen LogP contribution is 2.25. The van der Waals surface area contributed by atoms with Gasteiger partial charge in [-0.15, -0.1) is 0 Å². The summed E-state index contributed by atoms with van der Waals surface area (Å²) >= 11 is 0. The number of sulfone groups is 1. The Kier molecular flexibility index (Phi) is 8.76. The lowest BCUT2D eigenvalue weighted by atomic mass is 10.1. The quantitative estimate of drug-likeness (QED) is 0.127. The van der Waals surface area contributed by atoms with Crippen molar-refractivity contribution in [3.63, 3.8) is 0 Å². The van der Waals surface area contributed by atoms with Crippen LogP contribution in [-0.4, -0.2) is 35.8 Å². The third-order valence-electron chi connectivity index (χ3n) is 5.82. The number of phenolic OH excluding ortho intramolecular Hbond substituents is 1. The average molecular weight is 565 g/mol. The monoisotopic (exact) mass is 564 g/mol. The first kappa shape index (κ1) is 28.3. The summed E-state index contributed by atoms with van der Waals surface area (Å²) < 4.78 is 26.2. The first-order valence-electron chi connectivity index (χ1n) is 11.7. The number of nitrogens with one attached hydrogen (secondary N) is 2. The molecule has 0 heterocycles. The van der Waals surface area contributed by atoms with Crippen LogP contribution in [0.2, 0.25) is 0 Å². The smallest absolute Gasteiger partial charge is 0.336 e. The number of carbonyl (C=O) groups excluding carboxylic acids is 1. The van der Waals surface area contributed by atoms with E-state index in [0.29, 0.717) is 5.69 Å². The van der Waals surface area contributed by atoms with Gasteiger partial charge in [0.25, 0.3) is 5.91 Å². The lowest BCUT2D eigenvalue weighted by Crippen LogP contribution is -2.16. The second kappa shape index (κ2) is 12.4. The molecule has 0 fully saturated rings. The van der Waals surface area contributed by atoms with E-state index >= 15 is 0 Å². The molecule has 0 aliphatic rings. The molecule has 4 aromatic rings. The summed E-state index contributed by atoms with van der Waals surface area (Å²) in [4.78, 5) is 33.7. The van der Waals surface area contributed by atoms with Crippen LogP contribution in [0.3, 0.4) is 0 Å². The highest BCUT2D eigenvalue weighted by Gasteiger charge is 2.20. The number of amides is 1. The predicted octanol–water partition coefficient (Wildman–Crippen LogP) is 4.71. The van der Waals surface area contributed by atoms with Crippen molar-refractivity contribution in [3.05, 3.63) is 113 Å². The summed E-state index contributed by atoms with van der Waals surface area (Å²) in [5.74, 6) is -2.39. The number of carboxylic acid groups (broad SMARTS) is 1. The maximum atomic E-state index is 13.1. The Bertz CT molecular complexity index is 1620. The van der Waals surface area contributed by atoms with Crippen LogP contribution < -0.4 is 10.8 Å². The largest absolute Gasteiger partial charge is 0.508 e. The molecule has 0 atom stereocenters. The first-order valence-corrected chi connectivity index (χ1v) is 13.2. The van der Waals surface area contributed by atoms with Gasteiger partial charge in [-0.05, 0) is 77.9 Å². The number of hydrogen-bond acceptors (Lipinski definition) is 9. The SMILES string of the molecule is O=C(O)c1ccc(O)cc1C(=O)Nc1ccc(S(=O)(=O)c2ccc(NOCc3ccccc3COO)cc2)cc1. The van der Waals surface area contributed by atoms with Crippen LogP contribution >= 0.6 is 0 Å². The number of rotatable bonds is 11. The van der Waals surface area contributed by atoms with Gasteiger partial charge in [-0.25, -0.2) is 18.1 Å². The fraction of sp³-hybridized carbons (Fsp3) is 0.0714. The summed E-state index contributed by atoms with van der Waals surface area (Å²) in [7, 11) is -3.88. The minimum atomic E-state index is -3.88. The molecule has 0 saturated carbocycles. The molecule has 0 aliphatic heterocycles. The fourth-order valence-corrected chi connectivity index (χ4v) is 5.03. The number of phenols is 1. The summed E-state index contributed by atoms with van der Waals surface area (Å²) in [6.07, 6.45) is 0. The molecule has 4 rings (SSSR count). The van der Waals surface area contributed by atoms with Crippen molar-refractivity contribution in [2.45, 2.75) is 23.0 Å². The van der Waals surface area contributed by atoms with Crippen LogP contribution in [0.15, 0.2) is 101 Å². The maximum Gasteiger partial charge on any atom is 0.336 e. The third kappa shape index (κ3) is 6.62. The molecule has 12 heteroatoms. The number of carbonyl (C=O) groups is 2. The number of hydrogen-bond donors (Lipinski definition) is 5. The third-order valence-corrected chi connectivity index (χ3v) is 7.61. The normalized spacial score (nSPS) is 11.1. The van der Waals surface area contributed by atoms with Gasteiger partial charge in [0.2, 0.25) is 9.84 Å². The first-order chi connectivity index (χ1) is 19.2. The Morgan fingerprint density at radius 3 is 1.90 bits per heavy atom. The molecule has 4 aromatic carbocycles. The van der Waals surface area contributed by atoms with E-state index in [1.54, 1.807) is 18.2 Å². The van der Waals surface area contributed by atoms with E-state index in [1.165, 1.54) is 36.4 Å². The summed E-state index contributed by atoms with van der Waals surface area (Å²) in [6.45, 7) is 0.189. The Morgan fingerprint density at radius 2 is 1.32 bits per heavy atom. The summed E-state index contributed by atoms with van der Waals surface area (Å²) in [6, 6.07) is 21.8. The van der Waals surface area contributed by atoms with Gasteiger partial charge < -0.3 is 15.5 Å². The van der Waals surface area contributed by atoms with Crippen molar-refractivity contribution in [1.82, 2.24) is 0 Å². The second-order valence-corrected chi connectivity index (χ2v) is 10.4. The second-order valence-electron chi connectivity index (χ2n) is 8.47. The molecule has 1 amide bonds. The van der Waals surface area contributed by atoms with Crippen LogP contribution in [0.25, 0.3) is 0 Å². The molecule has 11 nitrogen and oxygen atoms in total. The zero-order valence-electron chi connectivity index (χ0n) is 20.8. The van der Waals surface area contributed by atoms with Gasteiger partial charge in [-0.2, -0.15) is 0 Å². The van der Waals surface area contributed by atoms with Gasteiger partial charge in [-0.3, -0.25) is 20.4 Å². The lowest BCUT2D eigenvalue weighted by Gasteiger charge is -2.11. The van der Waals surface area contributed by atoms with Gasteiger partial charge in [0.1, 0.15) is 12.4 Å². The molecular weight excluding hydrogens is 540 g/mol. The van der Waals surface area contributed by atoms with Gasteiger partial charge in [-0.1, -0.05) is 24.3 Å². The lowest BCUT2D eigenvalue weighted by molar-refractivity contribution is -0.253. The average Bonchev–Trinajstić information content (AvgIpc) is 2.94. The molecule has 0 bridgehead atoms. The Morgan fingerprint density at radius 1 is 0.750 bits per heavy atom. The number of anilines is 2. The highest BCUT2D eigenvalue weighted by molar-refractivity contribution is 7.91. The van der Waals surface area contributed by atoms with Crippen LogP contribution in [0.5, 0.6) is 5.75 Å². The van der Waals surface area contributed by atoms with E-state index in [0.717, 1.165) is 29.3 Å². The molecule has 0 saturated heterocycles. The highest BCUT2D eigenvalue weighted by atomic mass is 32.2. The summed E-state index contributed by atoms with van der Waals surface area (Å²) in [5, 5.41) is 30.1. The number of aromatic hydroxyl groups is 1. The van der Waals surface area contributed by atoms with Crippen molar-refractivity contribution in [3.8, 4) is 5.75 Å². The van der Waals surface area contributed by atoms with E-state index in [2.05, 4.69) is 15.7 Å². The molecule has 0 unspecified atom stereocenters. The standard InChI is InChI=1S/C28H24N2O9S/c31-22-9-14-25(28(33)34)26(15-22)27(32)29-20-5-10-23(11-6-20)40(36,37)24-12-7-21(8-13-24)30-38-16-18-3-1-2-4-19(18)17-39-35/h1-15,30-31,35H,16-17H2,(H,29,32)(H,33,34). The van der Waals surface area contributed by atoms with Crippen LogP contribution in [0, 0.1) is 0 Å². The van der Waals surface area contributed by atoms with E-state index in [1.807, 2.05) is 18.2 Å². The predicted molar refractivity (Wildman–Crippen MR) is 144 cm³/mol. The van der Waals surface area contributed by atoms with E-state index < -0.39 is 21.7 Å². The van der Waals surface area contributed by atoms with Crippen molar-refractivity contribution in [1.29, 1.82) is 0 Å². The molecule has 40 heavy (non-hydrogen) atoms. The zero-order chi connectivity index (χ0) is 28.7. The van der Waals surface area contributed by atoms with Crippen LogP contribution in [0.1, 0.15) is 31.8 Å². The molecule has 5 N–H and O–H groups in total. The van der Waals surface area contributed by atoms with Crippen molar-refractivity contribution in [2.75, 3.05) is 10.8 Å². The van der Waals surface area contributed by atoms with Gasteiger partial charge >= 0.3 is 5.97 Å². The molecule has 0 aromatic heterocycles. The Balaban J connectivity index is 1.40. The van der Waals surface area contributed by atoms with Crippen LogP contribution in [-0.2, 0) is 32.8 Å². The van der Waals surface area contributed by atoms with Crippen LogP contribution in [0.4, 0.5) is 11.4 Å². The van der Waals surface area contributed by atoms with Crippen molar-refractivity contribution < 1.29 is 43.2 Å². The topological polar surface area (TPSA) is 171 Å². The number of aromatic carboxylic acids is 1. The van der Waals surface area contributed by atoms with E-state index in [-0.39, 0.29) is 45.6 Å². The van der Waals surface area contributed by atoms with Crippen molar-refractivity contribution >= 4 is 33.1 Å². The minimum Gasteiger partial charge on any atom is -0.508 e. The Hall–Kier alpha value is -4.75. The maximum absolute atomic E-state index is 13.1. The van der Waals surface area contributed by atoms with Gasteiger partial charge in [0.15, 0.2) is 0 Å². The van der Waals surface area contributed by atoms with E-state index in [4.69, 9.17) is 10.1 Å². The van der Waals surface area contributed by atoms with E-state index in [9.17, 15) is 28.2 Å². The number of benzene rings is 4. The van der Waals surface area contributed by atoms with Gasteiger partial charge in [0, 0.05) is 5.69 Å². The molecule has 206 valence electrons. The zero-order valence-corrected chi connectivity index (χ0v) is 21.6. The number of carboxylic acids is 1.